The van der Waals surface area contributed by atoms with E-state index in [-0.39, 0.29) is 0 Å². The molecule has 0 spiro atoms. The van der Waals surface area contributed by atoms with Gasteiger partial charge in [-0.25, -0.2) is 9.97 Å². The van der Waals surface area contributed by atoms with Gasteiger partial charge in [-0.2, -0.15) is 0 Å². The summed E-state index contributed by atoms with van der Waals surface area (Å²) in [6.07, 6.45) is 0. The first-order valence-electron chi connectivity index (χ1n) is 19.2. The van der Waals surface area contributed by atoms with E-state index in [0.29, 0.717) is 0 Å². The summed E-state index contributed by atoms with van der Waals surface area (Å²) in [5.41, 5.74) is 14.4. The van der Waals surface area contributed by atoms with E-state index >= 15 is 0 Å². The number of hydrogen-bond acceptors (Lipinski definition) is 2. The lowest BCUT2D eigenvalue weighted by atomic mass is 9.91. The molecule has 0 amide bonds. The van der Waals surface area contributed by atoms with E-state index in [9.17, 15) is 0 Å². The van der Waals surface area contributed by atoms with Crippen LogP contribution in [0.4, 0.5) is 0 Å². The van der Waals surface area contributed by atoms with Crippen LogP contribution in [0.15, 0.2) is 182 Å². The number of rotatable bonds is 2. The summed E-state index contributed by atoms with van der Waals surface area (Å²) >= 11 is 0. The van der Waals surface area contributed by atoms with Crippen LogP contribution in [-0.2, 0) is 0 Å². The molecule has 9 aromatic carbocycles. The van der Waals surface area contributed by atoms with Crippen LogP contribution >= 0.6 is 0 Å². The minimum Gasteiger partial charge on any atom is -0.308 e. The topological polar surface area (TPSA) is 35.6 Å². The predicted octanol–water partition coefficient (Wildman–Crippen LogP) is 13.4. The van der Waals surface area contributed by atoms with Gasteiger partial charge in [-0.05, 0) is 75.1 Å². The van der Waals surface area contributed by atoms with E-state index in [1.54, 1.807) is 0 Å². The number of nitrogens with zero attached hydrogens (tertiary/aromatic N) is 4. The highest BCUT2D eigenvalue weighted by Crippen LogP contribution is 2.52. The maximum atomic E-state index is 5.59. The number of aromatic nitrogens is 4. The van der Waals surface area contributed by atoms with Gasteiger partial charge in [-0.15, -0.1) is 0 Å². The van der Waals surface area contributed by atoms with Crippen molar-refractivity contribution in [2.45, 2.75) is 0 Å². The van der Waals surface area contributed by atoms with E-state index < -0.39 is 0 Å². The fourth-order valence-electron chi connectivity index (χ4n) is 9.72. The van der Waals surface area contributed by atoms with Crippen molar-refractivity contribution in [3.8, 4) is 45.0 Å². The summed E-state index contributed by atoms with van der Waals surface area (Å²) in [4.78, 5) is 11.1. The molecule has 0 N–H and O–H groups in total. The fourth-order valence-corrected chi connectivity index (χ4v) is 9.72. The number of benzene rings is 9. The molecule has 0 atom stereocenters. The molecule has 0 saturated carbocycles. The zero-order valence-electron chi connectivity index (χ0n) is 30.1. The average Bonchev–Trinajstić information content (AvgIpc) is 3.73. The van der Waals surface area contributed by atoms with Crippen LogP contribution in [0.1, 0.15) is 0 Å². The van der Waals surface area contributed by atoms with Crippen molar-refractivity contribution in [2.24, 2.45) is 0 Å². The molecule has 0 aliphatic carbocycles. The Kier molecular flexibility index (Phi) is 5.86. The molecule has 4 nitrogen and oxygen atoms in total. The van der Waals surface area contributed by atoms with Crippen LogP contribution in [-0.4, -0.2) is 19.1 Å². The van der Waals surface area contributed by atoms with Gasteiger partial charge >= 0.3 is 0 Å². The van der Waals surface area contributed by atoms with Crippen LogP contribution in [0.3, 0.4) is 0 Å². The van der Waals surface area contributed by atoms with E-state index in [1.807, 2.05) is 0 Å². The number of fused-ring (bicyclic) bond motifs is 16. The molecule has 0 fully saturated rings. The van der Waals surface area contributed by atoms with Gasteiger partial charge in [-0.1, -0.05) is 140 Å². The molecule has 258 valence electrons. The van der Waals surface area contributed by atoms with Gasteiger partial charge in [0.25, 0.3) is 0 Å². The Balaban J connectivity index is 1.26. The summed E-state index contributed by atoms with van der Waals surface area (Å²) in [5.74, 6) is 0.816. The largest absolute Gasteiger partial charge is 0.308 e. The lowest BCUT2D eigenvalue weighted by Crippen LogP contribution is -2.04. The van der Waals surface area contributed by atoms with Crippen LogP contribution in [0.2, 0.25) is 0 Å². The first-order valence-corrected chi connectivity index (χ1v) is 19.2. The smallest absolute Gasteiger partial charge is 0.165 e. The molecule has 0 saturated heterocycles. The summed E-state index contributed by atoms with van der Waals surface area (Å²) in [7, 11) is 0. The Bertz CT molecular complexity index is 3660. The molecule has 0 radical (unpaired) electrons. The van der Waals surface area contributed by atoms with Crippen molar-refractivity contribution < 1.29 is 0 Å². The van der Waals surface area contributed by atoms with Gasteiger partial charge in [0.05, 0.1) is 38.8 Å². The van der Waals surface area contributed by atoms with E-state index in [0.717, 1.165) is 44.5 Å². The maximum absolute atomic E-state index is 5.59. The van der Waals surface area contributed by atoms with Crippen molar-refractivity contribution in [2.75, 3.05) is 0 Å². The third-order valence-corrected chi connectivity index (χ3v) is 12.0. The molecule has 1 aliphatic rings. The Hall–Kier alpha value is -7.56. The van der Waals surface area contributed by atoms with Gasteiger partial charge in [0.2, 0.25) is 0 Å². The van der Waals surface area contributed by atoms with Crippen LogP contribution in [0.5, 0.6) is 0 Å². The Morgan fingerprint density at radius 3 is 1.77 bits per heavy atom. The van der Waals surface area contributed by atoms with Crippen molar-refractivity contribution >= 4 is 76.2 Å². The molecule has 3 aromatic heterocycles. The van der Waals surface area contributed by atoms with E-state index in [2.05, 4.69) is 191 Å². The third-order valence-electron chi connectivity index (χ3n) is 12.0. The Morgan fingerprint density at radius 1 is 0.357 bits per heavy atom. The lowest BCUT2D eigenvalue weighted by Gasteiger charge is -2.17. The average molecular weight is 711 g/mol. The molecule has 4 heterocycles. The van der Waals surface area contributed by atoms with Gasteiger partial charge in [0.15, 0.2) is 5.82 Å². The molecular weight excluding hydrogens is 681 g/mol. The zero-order chi connectivity index (χ0) is 36.5. The predicted molar refractivity (Wildman–Crippen MR) is 233 cm³/mol. The molecule has 4 heteroatoms. The minimum atomic E-state index is 0.816. The molecule has 0 bridgehead atoms. The summed E-state index contributed by atoms with van der Waals surface area (Å²) < 4.78 is 4.90. The second kappa shape index (κ2) is 11.0. The summed E-state index contributed by atoms with van der Waals surface area (Å²) in [6, 6.07) is 65.9. The molecule has 12 aromatic rings. The summed E-state index contributed by atoms with van der Waals surface area (Å²) in [5, 5.41) is 9.59. The van der Waals surface area contributed by atoms with Crippen LogP contribution < -0.4 is 0 Å². The SMILES string of the molecule is c1ccc2c(c1)-c1ccccc1-n1c3ccccc3c3cc4c(c-2c31)c1ccccc1n4-c1nc2ccccc2nc1-c1cc2ccccc2c2ccccc12. The zero-order valence-corrected chi connectivity index (χ0v) is 30.1. The Morgan fingerprint density at radius 2 is 0.946 bits per heavy atom. The second-order valence-electron chi connectivity index (χ2n) is 14.9. The molecule has 1 aliphatic heterocycles. The van der Waals surface area contributed by atoms with Crippen molar-refractivity contribution in [3.63, 3.8) is 0 Å². The van der Waals surface area contributed by atoms with Crippen molar-refractivity contribution in [1.82, 2.24) is 19.1 Å². The highest BCUT2D eigenvalue weighted by atomic mass is 15.1. The fraction of sp³-hybridized carbons (Fsp3) is 0. The van der Waals surface area contributed by atoms with Gasteiger partial charge in [-0.3, -0.25) is 4.57 Å². The molecule has 13 rings (SSSR count). The van der Waals surface area contributed by atoms with E-state index in [1.165, 1.54) is 76.7 Å². The normalized spacial score (nSPS) is 12.3. The van der Waals surface area contributed by atoms with Crippen LogP contribution in [0.25, 0.3) is 121 Å². The summed E-state index contributed by atoms with van der Waals surface area (Å²) in [6.45, 7) is 0. The third kappa shape index (κ3) is 3.87. The van der Waals surface area contributed by atoms with Gasteiger partial charge < -0.3 is 4.57 Å². The molecular formula is C52H30N4. The van der Waals surface area contributed by atoms with Crippen LogP contribution in [0, 0.1) is 0 Å². The quantitative estimate of drug-likeness (QED) is 0.167. The minimum absolute atomic E-state index is 0.816. The highest BCUT2D eigenvalue weighted by Gasteiger charge is 2.30. The first kappa shape index (κ1) is 29.8. The van der Waals surface area contributed by atoms with Gasteiger partial charge in [0, 0.05) is 38.2 Å². The van der Waals surface area contributed by atoms with Gasteiger partial charge in [0.1, 0.15) is 5.69 Å². The first-order chi connectivity index (χ1) is 27.8. The molecule has 56 heavy (non-hydrogen) atoms. The van der Waals surface area contributed by atoms with E-state index in [4.69, 9.17) is 9.97 Å². The maximum Gasteiger partial charge on any atom is 0.165 e. The van der Waals surface area contributed by atoms with Crippen molar-refractivity contribution in [1.29, 1.82) is 0 Å². The number of hydrogen-bond donors (Lipinski definition) is 0. The second-order valence-corrected chi connectivity index (χ2v) is 14.9. The number of para-hydroxylation sites is 5. The molecule has 0 unspecified atom stereocenters. The highest BCUT2D eigenvalue weighted by molar-refractivity contribution is 6.29. The lowest BCUT2D eigenvalue weighted by molar-refractivity contribution is 1.08. The standard InChI is InChI=1S/C52H30N4/c1-2-16-32-31(15-1)29-40(34-18-4-3-17-33(32)34)50-52(54-43-25-11-10-24-42(43)53-50)56-46-28-14-9-23-39(46)48-47(56)30-41-37-21-8-13-27-45(37)55-44-26-12-7-20-36(44)35-19-5-6-22-38(35)49(48)51(41)55/h1-30H. The monoisotopic (exact) mass is 710 g/mol. The van der Waals surface area contributed by atoms with Crippen molar-refractivity contribution in [3.05, 3.63) is 182 Å². The Labute approximate surface area is 321 Å².